The first kappa shape index (κ1) is 11.1. The number of hydrogen-bond acceptors (Lipinski definition) is 3. The van der Waals surface area contributed by atoms with Crippen LogP contribution in [0.3, 0.4) is 0 Å². The molecule has 1 aromatic heterocycles. The van der Waals surface area contributed by atoms with E-state index in [0.717, 1.165) is 22.0 Å². The largest absolute Gasteiger partial charge is 0.338 e. The van der Waals surface area contributed by atoms with Crippen molar-refractivity contribution in [3.8, 4) is 0 Å². The zero-order valence-electron chi connectivity index (χ0n) is 9.15. The summed E-state index contributed by atoms with van der Waals surface area (Å²) >= 11 is 2.23. The first-order valence-corrected chi connectivity index (χ1v) is 6.50. The average Bonchev–Trinajstić information content (AvgIpc) is 2.24. The van der Waals surface area contributed by atoms with Gasteiger partial charge in [-0.15, -0.1) is 0 Å². The molecule has 2 unspecified atom stereocenters. The topological polar surface area (TPSA) is 29.0 Å². The summed E-state index contributed by atoms with van der Waals surface area (Å²) in [5.41, 5.74) is 0. The van der Waals surface area contributed by atoms with Crippen LogP contribution in [-0.4, -0.2) is 22.6 Å². The van der Waals surface area contributed by atoms with Crippen LogP contribution in [0.1, 0.15) is 26.7 Å². The second-order valence-electron chi connectivity index (χ2n) is 4.25. The van der Waals surface area contributed by atoms with E-state index in [4.69, 9.17) is 0 Å². The highest BCUT2D eigenvalue weighted by Crippen LogP contribution is 2.25. The second kappa shape index (κ2) is 4.63. The molecule has 0 amide bonds. The van der Waals surface area contributed by atoms with Gasteiger partial charge >= 0.3 is 0 Å². The van der Waals surface area contributed by atoms with Gasteiger partial charge in [-0.05, 0) is 48.3 Å². The van der Waals surface area contributed by atoms with E-state index < -0.39 is 0 Å². The fourth-order valence-corrected chi connectivity index (χ4v) is 2.35. The van der Waals surface area contributed by atoms with Crippen molar-refractivity contribution in [3.05, 3.63) is 16.0 Å². The monoisotopic (exact) mass is 317 g/mol. The van der Waals surface area contributed by atoms with Gasteiger partial charge in [-0.2, -0.15) is 0 Å². The zero-order valence-corrected chi connectivity index (χ0v) is 11.3. The molecule has 0 radical (unpaired) electrons. The van der Waals surface area contributed by atoms with Crippen LogP contribution >= 0.6 is 22.6 Å². The summed E-state index contributed by atoms with van der Waals surface area (Å²) < 4.78 is 1.09. The number of halogens is 1. The van der Waals surface area contributed by atoms with E-state index in [0.29, 0.717) is 6.04 Å². The maximum atomic E-state index is 4.39. The van der Waals surface area contributed by atoms with Crippen LogP contribution in [0.5, 0.6) is 0 Å². The Kier molecular flexibility index (Phi) is 3.43. The molecule has 1 aliphatic rings. The molecule has 1 aliphatic heterocycles. The summed E-state index contributed by atoms with van der Waals surface area (Å²) in [5, 5.41) is 0. The van der Waals surface area contributed by atoms with Gasteiger partial charge in [0.25, 0.3) is 0 Å². The lowest BCUT2D eigenvalue weighted by molar-refractivity contribution is 0.359. The Balaban J connectivity index is 2.18. The number of nitrogens with zero attached hydrogens (tertiary/aromatic N) is 3. The molecule has 0 bridgehead atoms. The third kappa shape index (κ3) is 2.41. The number of anilines is 1. The van der Waals surface area contributed by atoms with Crippen molar-refractivity contribution < 1.29 is 0 Å². The van der Waals surface area contributed by atoms with Crippen molar-refractivity contribution in [3.63, 3.8) is 0 Å². The van der Waals surface area contributed by atoms with E-state index in [2.05, 4.69) is 51.3 Å². The summed E-state index contributed by atoms with van der Waals surface area (Å²) in [6.45, 7) is 5.67. The highest BCUT2D eigenvalue weighted by atomic mass is 127. The van der Waals surface area contributed by atoms with E-state index in [9.17, 15) is 0 Å². The van der Waals surface area contributed by atoms with Crippen LogP contribution in [0, 0.1) is 9.49 Å². The number of piperidine rings is 1. The molecule has 82 valence electrons. The number of hydrogen-bond donors (Lipinski definition) is 0. The van der Waals surface area contributed by atoms with Crippen molar-refractivity contribution in [1.29, 1.82) is 0 Å². The molecule has 0 saturated carbocycles. The maximum absolute atomic E-state index is 4.39. The summed E-state index contributed by atoms with van der Waals surface area (Å²) in [5.74, 6) is 1.62. The lowest BCUT2D eigenvalue weighted by atomic mass is 9.92. The van der Waals surface area contributed by atoms with Crippen LogP contribution in [0.25, 0.3) is 0 Å². The normalized spacial score (nSPS) is 26.7. The quantitative estimate of drug-likeness (QED) is 0.746. The maximum Gasteiger partial charge on any atom is 0.225 e. The van der Waals surface area contributed by atoms with Gasteiger partial charge in [-0.25, -0.2) is 9.97 Å². The third-order valence-corrected chi connectivity index (χ3v) is 3.79. The van der Waals surface area contributed by atoms with Crippen molar-refractivity contribution in [2.75, 3.05) is 11.4 Å². The van der Waals surface area contributed by atoms with Gasteiger partial charge in [0.1, 0.15) is 0 Å². The lowest BCUT2D eigenvalue weighted by Crippen LogP contribution is -2.43. The first-order chi connectivity index (χ1) is 7.18. The van der Waals surface area contributed by atoms with Crippen molar-refractivity contribution >= 4 is 28.5 Å². The standard InChI is InChI=1S/C11H16IN3/c1-8-4-3-5-15(9(8)2)11-13-6-10(12)7-14-11/h6-9H,3-5H2,1-2H3. The minimum Gasteiger partial charge on any atom is -0.338 e. The smallest absolute Gasteiger partial charge is 0.225 e. The highest BCUT2D eigenvalue weighted by Gasteiger charge is 2.26. The Morgan fingerprint density at radius 3 is 2.67 bits per heavy atom. The van der Waals surface area contributed by atoms with Gasteiger partial charge in [0, 0.05) is 28.6 Å². The van der Waals surface area contributed by atoms with Crippen LogP contribution < -0.4 is 4.90 Å². The van der Waals surface area contributed by atoms with Crippen molar-refractivity contribution in [2.45, 2.75) is 32.7 Å². The second-order valence-corrected chi connectivity index (χ2v) is 5.50. The number of aromatic nitrogens is 2. The fourth-order valence-electron chi connectivity index (χ4n) is 2.07. The molecule has 1 saturated heterocycles. The molecule has 0 aliphatic carbocycles. The van der Waals surface area contributed by atoms with Gasteiger partial charge in [-0.3, -0.25) is 0 Å². The van der Waals surface area contributed by atoms with Crippen molar-refractivity contribution in [1.82, 2.24) is 9.97 Å². The molecular weight excluding hydrogens is 301 g/mol. The van der Waals surface area contributed by atoms with E-state index in [1.807, 2.05) is 12.4 Å². The molecule has 0 N–H and O–H groups in total. The van der Waals surface area contributed by atoms with E-state index in [1.165, 1.54) is 12.8 Å². The molecule has 1 aromatic rings. The Morgan fingerprint density at radius 1 is 1.33 bits per heavy atom. The van der Waals surface area contributed by atoms with Gasteiger partial charge in [0.05, 0.1) is 0 Å². The van der Waals surface area contributed by atoms with Gasteiger partial charge < -0.3 is 4.90 Å². The Hall–Kier alpha value is -0.390. The van der Waals surface area contributed by atoms with E-state index in [-0.39, 0.29) is 0 Å². The van der Waals surface area contributed by atoms with E-state index >= 15 is 0 Å². The van der Waals surface area contributed by atoms with Crippen LogP contribution in [0.15, 0.2) is 12.4 Å². The third-order valence-electron chi connectivity index (χ3n) is 3.24. The van der Waals surface area contributed by atoms with Crippen molar-refractivity contribution in [2.24, 2.45) is 5.92 Å². The SMILES string of the molecule is CC1CCCN(c2ncc(I)cn2)C1C. The summed E-state index contributed by atoms with van der Waals surface area (Å²) in [6.07, 6.45) is 6.34. The molecule has 2 heterocycles. The minimum atomic E-state index is 0.554. The molecule has 15 heavy (non-hydrogen) atoms. The van der Waals surface area contributed by atoms with Gasteiger partial charge in [0.15, 0.2) is 0 Å². The summed E-state index contributed by atoms with van der Waals surface area (Å²) in [6, 6.07) is 0.554. The van der Waals surface area contributed by atoms with Crippen LogP contribution in [-0.2, 0) is 0 Å². The molecule has 0 aromatic carbocycles. The lowest BCUT2D eigenvalue weighted by Gasteiger charge is -2.37. The molecule has 3 nitrogen and oxygen atoms in total. The predicted octanol–water partition coefficient (Wildman–Crippen LogP) is 2.71. The minimum absolute atomic E-state index is 0.554. The van der Waals surface area contributed by atoms with Gasteiger partial charge in [-0.1, -0.05) is 6.92 Å². The molecule has 1 fully saturated rings. The Morgan fingerprint density at radius 2 is 2.00 bits per heavy atom. The van der Waals surface area contributed by atoms with E-state index in [1.54, 1.807) is 0 Å². The molecule has 2 atom stereocenters. The van der Waals surface area contributed by atoms with Crippen LogP contribution in [0.4, 0.5) is 5.95 Å². The molecule has 4 heteroatoms. The highest BCUT2D eigenvalue weighted by molar-refractivity contribution is 14.1. The first-order valence-electron chi connectivity index (χ1n) is 5.42. The number of rotatable bonds is 1. The van der Waals surface area contributed by atoms with Crippen LogP contribution in [0.2, 0.25) is 0 Å². The summed E-state index contributed by atoms with van der Waals surface area (Å²) in [4.78, 5) is 11.1. The summed E-state index contributed by atoms with van der Waals surface area (Å²) in [7, 11) is 0. The zero-order chi connectivity index (χ0) is 10.8. The predicted molar refractivity (Wildman–Crippen MR) is 70.0 cm³/mol. The molecular formula is C11H16IN3. The molecule has 2 rings (SSSR count). The average molecular weight is 317 g/mol. The molecule has 0 spiro atoms. The Bertz CT molecular complexity index is 325. The fraction of sp³-hybridized carbons (Fsp3) is 0.636. The van der Waals surface area contributed by atoms with Gasteiger partial charge in [0.2, 0.25) is 5.95 Å². The Labute approximate surface area is 104 Å².